The number of ether oxygens (including phenoxy) is 1. The van der Waals surface area contributed by atoms with Crippen LogP contribution in [0, 0.1) is 6.92 Å². The fraction of sp³-hybridized carbons (Fsp3) is 0.105. The van der Waals surface area contributed by atoms with Gasteiger partial charge in [0, 0.05) is 18.0 Å². The van der Waals surface area contributed by atoms with Gasteiger partial charge in [0.25, 0.3) is 5.91 Å². The molecule has 132 valence electrons. The largest absolute Gasteiger partial charge is 0.452 e. The average molecular weight is 370 g/mol. The molecule has 0 aliphatic carbocycles. The zero-order valence-electron chi connectivity index (χ0n) is 14.0. The first-order valence-corrected chi connectivity index (χ1v) is 8.25. The number of anilines is 1. The predicted octanol–water partition coefficient (Wildman–Crippen LogP) is 3.49. The SMILES string of the molecule is Cc1ccccc1NC(=O)COC(=O)/C=C/c1c(Cl)nc2ccccn12. The lowest BCUT2D eigenvalue weighted by atomic mass is 10.2. The van der Waals surface area contributed by atoms with Gasteiger partial charge in [0.05, 0.1) is 5.69 Å². The number of carbonyl (C=O) groups excluding carboxylic acids is 2. The second-order valence-electron chi connectivity index (χ2n) is 5.52. The Kier molecular flexibility index (Phi) is 5.34. The Bertz CT molecular complexity index is 995. The first kappa shape index (κ1) is 17.7. The van der Waals surface area contributed by atoms with Crippen molar-refractivity contribution < 1.29 is 14.3 Å². The number of aryl methyl sites for hydroxylation is 1. The Labute approximate surface area is 155 Å². The van der Waals surface area contributed by atoms with Crippen molar-refractivity contribution in [2.24, 2.45) is 0 Å². The van der Waals surface area contributed by atoms with E-state index in [4.69, 9.17) is 16.3 Å². The highest BCUT2D eigenvalue weighted by Gasteiger charge is 2.09. The molecule has 0 saturated carbocycles. The topological polar surface area (TPSA) is 72.7 Å². The van der Waals surface area contributed by atoms with E-state index in [0.717, 1.165) is 5.56 Å². The molecule has 3 aromatic rings. The van der Waals surface area contributed by atoms with Crippen molar-refractivity contribution in [3.8, 4) is 0 Å². The molecule has 3 rings (SSSR count). The number of hydrogen-bond acceptors (Lipinski definition) is 4. The van der Waals surface area contributed by atoms with Crippen molar-refractivity contribution >= 4 is 40.9 Å². The maximum atomic E-state index is 11.9. The van der Waals surface area contributed by atoms with Gasteiger partial charge in [-0.25, -0.2) is 9.78 Å². The number of imidazole rings is 1. The molecule has 0 unspecified atom stereocenters. The highest BCUT2D eigenvalue weighted by atomic mass is 35.5. The van der Waals surface area contributed by atoms with Gasteiger partial charge < -0.3 is 10.1 Å². The predicted molar refractivity (Wildman–Crippen MR) is 100 cm³/mol. The maximum absolute atomic E-state index is 11.9. The number of rotatable bonds is 5. The summed E-state index contributed by atoms with van der Waals surface area (Å²) >= 11 is 6.08. The number of nitrogens with one attached hydrogen (secondary N) is 1. The van der Waals surface area contributed by atoms with E-state index in [9.17, 15) is 9.59 Å². The highest BCUT2D eigenvalue weighted by Crippen LogP contribution is 2.19. The van der Waals surface area contributed by atoms with Gasteiger partial charge in [0.1, 0.15) is 5.65 Å². The fourth-order valence-corrected chi connectivity index (χ4v) is 2.61. The van der Waals surface area contributed by atoms with Crippen LogP contribution in [0.1, 0.15) is 11.3 Å². The summed E-state index contributed by atoms with van der Waals surface area (Å²) in [5.41, 5.74) is 2.84. The minimum absolute atomic E-state index is 0.276. The van der Waals surface area contributed by atoms with Crippen molar-refractivity contribution in [1.82, 2.24) is 9.38 Å². The molecule has 2 heterocycles. The molecule has 0 atom stereocenters. The number of esters is 1. The number of halogens is 1. The number of fused-ring (bicyclic) bond motifs is 1. The molecular formula is C19H16ClN3O3. The van der Waals surface area contributed by atoms with Crippen molar-refractivity contribution in [2.75, 3.05) is 11.9 Å². The summed E-state index contributed by atoms with van der Waals surface area (Å²) in [5.74, 6) is -1.05. The van der Waals surface area contributed by atoms with Crippen LogP contribution in [0.15, 0.2) is 54.7 Å². The number of amides is 1. The summed E-state index contributed by atoms with van der Waals surface area (Å²) in [6.07, 6.45) is 4.50. The van der Waals surface area contributed by atoms with Crippen molar-refractivity contribution in [3.05, 3.63) is 71.1 Å². The zero-order chi connectivity index (χ0) is 18.5. The van der Waals surface area contributed by atoms with Crippen molar-refractivity contribution in [1.29, 1.82) is 0 Å². The molecule has 26 heavy (non-hydrogen) atoms. The van der Waals surface area contributed by atoms with E-state index < -0.39 is 11.9 Å². The van der Waals surface area contributed by atoms with Gasteiger partial charge in [-0.05, 0) is 36.8 Å². The van der Waals surface area contributed by atoms with Crippen LogP contribution in [0.3, 0.4) is 0 Å². The third kappa shape index (κ3) is 4.10. The number of aromatic nitrogens is 2. The standard InChI is InChI=1S/C19H16ClN3O3/c1-13-6-2-3-7-14(13)21-17(24)12-26-18(25)10-9-15-19(20)22-16-8-4-5-11-23(15)16/h2-11H,12H2,1H3,(H,21,24)/b10-9+. The summed E-state index contributed by atoms with van der Waals surface area (Å²) in [5, 5.41) is 2.97. The highest BCUT2D eigenvalue weighted by molar-refractivity contribution is 6.31. The zero-order valence-corrected chi connectivity index (χ0v) is 14.7. The van der Waals surface area contributed by atoms with Gasteiger partial charge in [-0.1, -0.05) is 35.9 Å². The average Bonchev–Trinajstić information content (AvgIpc) is 2.95. The molecule has 6 nitrogen and oxygen atoms in total. The maximum Gasteiger partial charge on any atom is 0.331 e. The smallest absolute Gasteiger partial charge is 0.331 e. The number of carbonyl (C=O) groups is 2. The molecule has 0 aliphatic rings. The second-order valence-corrected chi connectivity index (χ2v) is 5.88. The molecule has 0 spiro atoms. The number of benzene rings is 1. The molecule has 0 bridgehead atoms. The number of para-hydroxylation sites is 1. The minimum atomic E-state index is -0.646. The van der Waals surface area contributed by atoms with E-state index in [1.54, 1.807) is 22.7 Å². The monoisotopic (exact) mass is 369 g/mol. The number of nitrogens with zero attached hydrogens (tertiary/aromatic N) is 2. The normalized spacial score (nSPS) is 11.0. The Hall–Kier alpha value is -3.12. The van der Waals surface area contributed by atoms with Gasteiger partial charge in [-0.15, -0.1) is 0 Å². The van der Waals surface area contributed by atoms with Crippen LogP contribution in [0.5, 0.6) is 0 Å². The van der Waals surface area contributed by atoms with Gasteiger partial charge in [0.2, 0.25) is 0 Å². The summed E-state index contributed by atoms with van der Waals surface area (Å²) in [6.45, 7) is 1.50. The number of pyridine rings is 1. The Balaban J connectivity index is 1.58. The van der Waals surface area contributed by atoms with Crippen LogP contribution in [0.25, 0.3) is 11.7 Å². The molecule has 0 radical (unpaired) electrons. The molecule has 1 amide bonds. The third-order valence-electron chi connectivity index (χ3n) is 3.66. The van der Waals surface area contributed by atoms with Crippen LogP contribution in [-0.4, -0.2) is 27.9 Å². The van der Waals surface area contributed by atoms with E-state index in [2.05, 4.69) is 10.3 Å². The fourth-order valence-electron chi connectivity index (χ4n) is 2.37. The lowest BCUT2D eigenvalue weighted by molar-refractivity contribution is -0.142. The van der Waals surface area contributed by atoms with E-state index in [0.29, 0.717) is 17.0 Å². The first-order valence-electron chi connectivity index (χ1n) is 7.87. The van der Waals surface area contributed by atoms with Gasteiger partial charge in [-0.2, -0.15) is 0 Å². The van der Waals surface area contributed by atoms with E-state index in [1.165, 1.54) is 12.2 Å². The van der Waals surface area contributed by atoms with Gasteiger partial charge in [0.15, 0.2) is 11.8 Å². The molecule has 1 N–H and O–H groups in total. The Morgan fingerprint density at radius 1 is 1.23 bits per heavy atom. The molecule has 7 heteroatoms. The van der Waals surface area contributed by atoms with Crippen LogP contribution in [0.4, 0.5) is 5.69 Å². The summed E-state index contributed by atoms with van der Waals surface area (Å²) in [7, 11) is 0. The molecule has 0 saturated heterocycles. The van der Waals surface area contributed by atoms with Crippen molar-refractivity contribution in [2.45, 2.75) is 6.92 Å². The quantitative estimate of drug-likeness (QED) is 0.552. The van der Waals surface area contributed by atoms with E-state index in [-0.39, 0.29) is 11.8 Å². The van der Waals surface area contributed by atoms with E-state index in [1.807, 2.05) is 37.3 Å². The van der Waals surface area contributed by atoms with Gasteiger partial charge in [-0.3, -0.25) is 9.20 Å². The van der Waals surface area contributed by atoms with Crippen LogP contribution in [0.2, 0.25) is 5.15 Å². The lowest BCUT2D eigenvalue weighted by Gasteiger charge is -2.07. The first-order chi connectivity index (χ1) is 12.5. The summed E-state index contributed by atoms with van der Waals surface area (Å²) in [4.78, 5) is 27.9. The van der Waals surface area contributed by atoms with Crippen LogP contribution < -0.4 is 5.32 Å². The summed E-state index contributed by atoms with van der Waals surface area (Å²) < 4.78 is 6.70. The molecule has 0 fully saturated rings. The number of hydrogen-bond donors (Lipinski definition) is 1. The van der Waals surface area contributed by atoms with Crippen LogP contribution in [-0.2, 0) is 14.3 Å². The lowest BCUT2D eigenvalue weighted by Crippen LogP contribution is -2.20. The van der Waals surface area contributed by atoms with Gasteiger partial charge >= 0.3 is 5.97 Å². The summed E-state index contributed by atoms with van der Waals surface area (Å²) in [6, 6.07) is 12.8. The van der Waals surface area contributed by atoms with Crippen molar-refractivity contribution in [3.63, 3.8) is 0 Å². The molecule has 2 aromatic heterocycles. The minimum Gasteiger partial charge on any atom is -0.452 e. The third-order valence-corrected chi connectivity index (χ3v) is 3.94. The van der Waals surface area contributed by atoms with E-state index >= 15 is 0 Å². The molecular weight excluding hydrogens is 354 g/mol. The van der Waals surface area contributed by atoms with Crippen LogP contribution >= 0.6 is 11.6 Å². The Morgan fingerprint density at radius 2 is 2.00 bits per heavy atom. The Morgan fingerprint density at radius 3 is 2.81 bits per heavy atom. The molecule has 0 aliphatic heterocycles. The second kappa shape index (κ2) is 7.84. The molecule has 1 aromatic carbocycles.